The van der Waals surface area contributed by atoms with Crippen molar-refractivity contribution >= 4 is 11.9 Å². The lowest BCUT2D eigenvalue weighted by molar-refractivity contribution is -0.142. The number of carboxylic acid groups (broad SMARTS) is 1. The van der Waals surface area contributed by atoms with Gasteiger partial charge in [0.05, 0.1) is 19.8 Å². The molecule has 0 heterocycles. The van der Waals surface area contributed by atoms with Crippen LogP contribution in [-0.2, 0) is 28.5 Å². The summed E-state index contributed by atoms with van der Waals surface area (Å²) in [6.45, 7) is 9.99. The molecule has 7 heteroatoms. The number of ether oxygens (including phenoxy) is 4. The van der Waals surface area contributed by atoms with Gasteiger partial charge in [0, 0.05) is 33.2 Å². The Balaban J connectivity index is 0. The summed E-state index contributed by atoms with van der Waals surface area (Å²) in [6, 6.07) is 0. The maximum atomic E-state index is 10.3. The van der Waals surface area contributed by atoms with Gasteiger partial charge in [-0.2, -0.15) is 0 Å². The molecule has 0 bridgehead atoms. The van der Waals surface area contributed by atoms with Crippen LogP contribution in [0.15, 0.2) is 0 Å². The molecule has 0 atom stereocenters. The molecule has 0 radical (unpaired) electrons. The minimum absolute atomic E-state index is 0.271. The van der Waals surface area contributed by atoms with E-state index in [0.717, 1.165) is 58.3 Å². The molecule has 0 spiro atoms. The predicted octanol–water partition coefficient (Wildman–Crippen LogP) is 3.83. The van der Waals surface area contributed by atoms with E-state index < -0.39 is 5.97 Å². The van der Waals surface area contributed by atoms with Gasteiger partial charge in [0.2, 0.25) is 0 Å². The van der Waals surface area contributed by atoms with Crippen molar-refractivity contribution in [2.24, 2.45) is 0 Å². The van der Waals surface area contributed by atoms with Crippen LogP contribution in [-0.4, -0.2) is 63.3 Å². The Morgan fingerprint density at radius 2 is 1.15 bits per heavy atom. The van der Waals surface area contributed by atoms with Gasteiger partial charge in [-0.25, -0.2) is 0 Å². The molecule has 27 heavy (non-hydrogen) atoms. The number of rotatable bonds is 18. The highest BCUT2D eigenvalue weighted by Gasteiger charge is 1.96. The zero-order chi connectivity index (χ0) is 20.6. The first-order chi connectivity index (χ1) is 13.0. The number of hydrogen-bond donors (Lipinski definition) is 1. The third-order valence-corrected chi connectivity index (χ3v) is 3.37. The van der Waals surface area contributed by atoms with Crippen molar-refractivity contribution in [3.63, 3.8) is 0 Å². The normalized spacial score (nSPS) is 10.2. The van der Waals surface area contributed by atoms with E-state index in [4.69, 9.17) is 19.3 Å². The maximum Gasteiger partial charge on any atom is 0.303 e. The van der Waals surface area contributed by atoms with Crippen LogP contribution in [0.1, 0.15) is 72.1 Å². The number of carbonyl (C=O) groups is 2. The maximum absolute atomic E-state index is 10.3. The van der Waals surface area contributed by atoms with Gasteiger partial charge < -0.3 is 24.1 Å². The molecule has 0 aromatic rings. The monoisotopic (exact) mass is 392 g/mol. The molecule has 0 aromatic heterocycles. The summed E-state index contributed by atoms with van der Waals surface area (Å²) in [5.41, 5.74) is 0. The molecule has 7 nitrogen and oxygen atoms in total. The average Bonchev–Trinajstić information content (AvgIpc) is 2.62. The third-order valence-electron chi connectivity index (χ3n) is 3.37. The Morgan fingerprint density at radius 3 is 1.67 bits per heavy atom. The van der Waals surface area contributed by atoms with E-state index in [1.54, 1.807) is 0 Å². The minimum atomic E-state index is -0.702. The van der Waals surface area contributed by atoms with Crippen LogP contribution in [0, 0.1) is 0 Å². The molecular formula is C20H40O7. The zero-order valence-corrected chi connectivity index (χ0v) is 17.5. The van der Waals surface area contributed by atoms with Crippen molar-refractivity contribution in [1.82, 2.24) is 0 Å². The lowest BCUT2D eigenvalue weighted by Gasteiger charge is -2.05. The summed E-state index contributed by atoms with van der Waals surface area (Å²) in [5, 5.41) is 8.35. The number of carboxylic acids is 1. The lowest BCUT2D eigenvalue weighted by atomic mass is 10.2. The summed E-state index contributed by atoms with van der Waals surface area (Å²) in [5.74, 6) is -0.973. The van der Waals surface area contributed by atoms with Crippen LogP contribution in [0.5, 0.6) is 0 Å². The van der Waals surface area contributed by atoms with Crippen LogP contribution < -0.4 is 0 Å². The molecule has 0 amide bonds. The number of esters is 1. The Bertz CT molecular complexity index is 321. The Labute approximate surface area is 164 Å². The highest BCUT2D eigenvalue weighted by molar-refractivity contribution is 5.66. The van der Waals surface area contributed by atoms with E-state index in [9.17, 15) is 9.59 Å². The summed E-state index contributed by atoms with van der Waals surface area (Å²) in [4.78, 5) is 20.5. The highest BCUT2D eigenvalue weighted by Crippen LogP contribution is 2.00. The van der Waals surface area contributed by atoms with Crippen LogP contribution in [0.3, 0.4) is 0 Å². The van der Waals surface area contributed by atoms with E-state index in [1.165, 1.54) is 13.3 Å². The molecule has 0 saturated carbocycles. The second-order valence-corrected chi connectivity index (χ2v) is 6.09. The molecule has 0 aromatic carbocycles. The van der Waals surface area contributed by atoms with Gasteiger partial charge in [-0.15, -0.1) is 0 Å². The summed E-state index contributed by atoms with van der Waals surface area (Å²) in [6.07, 6.45) is 7.52. The van der Waals surface area contributed by atoms with Crippen LogP contribution in [0.4, 0.5) is 0 Å². The van der Waals surface area contributed by atoms with Crippen LogP contribution in [0.25, 0.3) is 0 Å². The van der Waals surface area contributed by atoms with Gasteiger partial charge in [0.1, 0.15) is 6.61 Å². The molecule has 0 aliphatic carbocycles. The topological polar surface area (TPSA) is 91.3 Å². The highest BCUT2D eigenvalue weighted by atomic mass is 16.6. The van der Waals surface area contributed by atoms with Crippen molar-refractivity contribution in [2.75, 3.05) is 46.2 Å². The van der Waals surface area contributed by atoms with Crippen molar-refractivity contribution < 1.29 is 33.6 Å². The van der Waals surface area contributed by atoms with Crippen LogP contribution >= 0.6 is 0 Å². The lowest BCUT2D eigenvalue weighted by Crippen LogP contribution is -2.11. The second kappa shape index (κ2) is 24.8. The van der Waals surface area contributed by atoms with Gasteiger partial charge in [0.15, 0.2) is 0 Å². The average molecular weight is 393 g/mol. The smallest absolute Gasteiger partial charge is 0.303 e. The standard InChI is InChI=1S/C10H20O4.C10H20O3/c1-3-4-5-12-6-7-13-8-9-14-10(2)11;1-2-3-8-13-9-6-4-5-7-10(11)12/h3-9H2,1-2H3;2-9H2,1H3,(H,11,12). The first-order valence-corrected chi connectivity index (χ1v) is 10.1. The summed E-state index contributed by atoms with van der Waals surface area (Å²) < 4.78 is 20.4. The molecule has 0 aliphatic heterocycles. The number of aliphatic carboxylic acids is 1. The van der Waals surface area contributed by atoms with Crippen molar-refractivity contribution in [1.29, 1.82) is 0 Å². The van der Waals surface area contributed by atoms with Crippen molar-refractivity contribution in [2.45, 2.75) is 72.1 Å². The van der Waals surface area contributed by atoms with E-state index in [-0.39, 0.29) is 12.4 Å². The van der Waals surface area contributed by atoms with E-state index in [1.807, 2.05) is 0 Å². The Kier molecular flexibility index (Phi) is 25.8. The SMILES string of the molecule is CCCCOCCCCCC(=O)O.CCCCOCCOCCOC(C)=O. The molecule has 0 unspecified atom stereocenters. The van der Waals surface area contributed by atoms with Crippen LogP contribution in [0.2, 0.25) is 0 Å². The molecule has 0 saturated heterocycles. The molecule has 0 aliphatic rings. The second-order valence-electron chi connectivity index (χ2n) is 6.09. The number of hydrogen-bond acceptors (Lipinski definition) is 6. The summed E-state index contributed by atoms with van der Waals surface area (Å²) in [7, 11) is 0. The zero-order valence-electron chi connectivity index (χ0n) is 17.5. The van der Waals surface area contributed by atoms with Gasteiger partial charge in [0.25, 0.3) is 0 Å². The molecular weight excluding hydrogens is 352 g/mol. The quantitative estimate of drug-likeness (QED) is 0.280. The fraction of sp³-hybridized carbons (Fsp3) is 0.900. The number of carbonyl (C=O) groups excluding carboxylic acids is 1. The van der Waals surface area contributed by atoms with Gasteiger partial charge in [-0.05, 0) is 25.7 Å². The first kappa shape index (κ1) is 28.0. The Hall–Kier alpha value is -1.18. The largest absolute Gasteiger partial charge is 0.481 e. The van der Waals surface area contributed by atoms with Crippen molar-refractivity contribution in [3.05, 3.63) is 0 Å². The molecule has 0 rings (SSSR count). The van der Waals surface area contributed by atoms with E-state index in [2.05, 4.69) is 18.6 Å². The number of unbranched alkanes of at least 4 members (excludes halogenated alkanes) is 4. The Morgan fingerprint density at radius 1 is 0.667 bits per heavy atom. The minimum Gasteiger partial charge on any atom is -0.481 e. The van der Waals surface area contributed by atoms with Gasteiger partial charge >= 0.3 is 11.9 Å². The van der Waals surface area contributed by atoms with E-state index >= 15 is 0 Å². The molecule has 0 fully saturated rings. The van der Waals surface area contributed by atoms with Crippen molar-refractivity contribution in [3.8, 4) is 0 Å². The van der Waals surface area contributed by atoms with Gasteiger partial charge in [-0.3, -0.25) is 9.59 Å². The molecule has 1 N–H and O–H groups in total. The van der Waals surface area contributed by atoms with Gasteiger partial charge in [-0.1, -0.05) is 33.1 Å². The third kappa shape index (κ3) is 32.9. The first-order valence-electron chi connectivity index (χ1n) is 10.1. The predicted molar refractivity (Wildman–Crippen MR) is 105 cm³/mol. The fourth-order valence-electron chi connectivity index (χ4n) is 1.82. The molecule has 162 valence electrons. The van der Waals surface area contributed by atoms with E-state index in [0.29, 0.717) is 26.4 Å². The fourth-order valence-corrected chi connectivity index (χ4v) is 1.82. The summed E-state index contributed by atoms with van der Waals surface area (Å²) >= 11 is 0.